The first-order valence-electron chi connectivity index (χ1n) is 22.4. The molecule has 7 rings (SSSR count). The summed E-state index contributed by atoms with van der Waals surface area (Å²) in [5.41, 5.74) is 14.1. The highest BCUT2D eigenvalue weighted by molar-refractivity contribution is 7.24. The van der Waals surface area contributed by atoms with Gasteiger partial charge in [0, 0.05) is 21.6 Å². The van der Waals surface area contributed by atoms with Gasteiger partial charge in [0.25, 0.3) is 0 Å². The van der Waals surface area contributed by atoms with Crippen LogP contribution in [-0.2, 0) is 12.8 Å². The van der Waals surface area contributed by atoms with Crippen molar-refractivity contribution in [3.05, 3.63) is 75.4 Å². The maximum absolute atomic E-state index is 5.56. The predicted molar refractivity (Wildman–Crippen MR) is 249 cm³/mol. The first-order valence-corrected chi connectivity index (χ1v) is 24.8. The second-order valence-corrected chi connectivity index (χ2v) is 19.0. The average Bonchev–Trinajstić information content (AvgIpc) is 4.01. The summed E-state index contributed by atoms with van der Waals surface area (Å²) in [5.74, 6) is 0. The fourth-order valence-electron chi connectivity index (χ4n) is 8.50. The molecule has 6 aromatic rings. The second kappa shape index (κ2) is 21.1. The molecule has 0 unspecified atom stereocenters. The number of hydrogen-bond donors (Lipinski definition) is 0. The van der Waals surface area contributed by atoms with Crippen molar-refractivity contribution in [1.29, 1.82) is 0 Å². The summed E-state index contributed by atoms with van der Waals surface area (Å²) in [6.07, 6.45) is 29.6. The first kappa shape index (κ1) is 41.8. The molecule has 4 heterocycles. The molecule has 5 nitrogen and oxygen atoms in total. The topological polar surface area (TPSA) is 63.9 Å². The normalized spacial score (nSPS) is 13.1. The van der Waals surface area contributed by atoms with Gasteiger partial charge in [-0.3, -0.25) is 0 Å². The number of rotatable bonds is 24. The third kappa shape index (κ3) is 10.7. The maximum atomic E-state index is 5.56. The largest absolute Gasteiger partial charge is 0.249 e. The van der Waals surface area contributed by atoms with Gasteiger partial charge in [-0.05, 0) is 86.4 Å². The molecule has 1 aliphatic rings. The van der Waals surface area contributed by atoms with Crippen LogP contribution < -0.4 is 0 Å². The molecule has 0 atom stereocenters. The lowest BCUT2D eigenvalue weighted by molar-refractivity contribution is 0.555. The van der Waals surface area contributed by atoms with Crippen molar-refractivity contribution in [3.63, 3.8) is 0 Å². The van der Waals surface area contributed by atoms with E-state index in [4.69, 9.17) is 19.3 Å². The zero-order chi connectivity index (χ0) is 39.4. The Kier molecular flexibility index (Phi) is 15.5. The van der Waals surface area contributed by atoms with Crippen molar-refractivity contribution in [3.8, 4) is 20.2 Å². The number of unbranched alkanes of at least 4 members (excludes halogenated alkanes) is 18. The summed E-state index contributed by atoms with van der Waals surface area (Å²) in [7, 11) is 0. The molecule has 4 aromatic heterocycles. The molecule has 0 spiro atoms. The van der Waals surface area contributed by atoms with Gasteiger partial charge in [-0.15, -0.1) is 22.7 Å². The van der Waals surface area contributed by atoms with Crippen molar-refractivity contribution in [2.45, 2.75) is 169 Å². The number of benzene rings is 2. The summed E-state index contributed by atoms with van der Waals surface area (Å²) < 4.78 is 9.41. The van der Waals surface area contributed by atoms with E-state index in [-0.39, 0.29) is 0 Å². The monoisotopic (exact) mass is 817 g/mol. The van der Waals surface area contributed by atoms with E-state index < -0.39 is 0 Å². The fourth-order valence-corrected chi connectivity index (χ4v) is 11.3. The van der Waals surface area contributed by atoms with Gasteiger partial charge in [-0.1, -0.05) is 135 Å². The molecule has 0 fully saturated rings. The van der Waals surface area contributed by atoms with Crippen LogP contribution in [0.2, 0.25) is 0 Å². The lowest BCUT2D eigenvalue weighted by atomic mass is 9.98. The molecule has 1 aliphatic carbocycles. The van der Waals surface area contributed by atoms with Crippen molar-refractivity contribution in [1.82, 2.24) is 18.7 Å². The summed E-state index contributed by atoms with van der Waals surface area (Å²) in [5, 5.41) is 2.22. The minimum atomic E-state index is 0.877. The van der Waals surface area contributed by atoms with Gasteiger partial charge < -0.3 is 0 Å². The number of fused-ring (bicyclic) bond motifs is 5. The van der Waals surface area contributed by atoms with E-state index in [1.807, 2.05) is 42.6 Å². The molecule has 0 saturated carbocycles. The van der Waals surface area contributed by atoms with Crippen LogP contribution in [0.3, 0.4) is 0 Å². The van der Waals surface area contributed by atoms with Crippen LogP contribution in [0.4, 0.5) is 5.69 Å². The highest BCUT2D eigenvalue weighted by Gasteiger charge is 2.31. The smallest absolute Gasteiger partial charge is 0.115 e. The number of thiophene rings is 2. The molecule has 8 heteroatoms. The summed E-state index contributed by atoms with van der Waals surface area (Å²) in [6.45, 7) is 8.67. The second-order valence-electron chi connectivity index (χ2n) is 16.5. The van der Waals surface area contributed by atoms with Gasteiger partial charge >= 0.3 is 0 Å². The molecule has 57 heavy (non-hydrogen) atoms. The number of aliphatic imine (C=N–C) groups is 1. The van der Waals surface area contributed by atoms with Crippen molar-refractivity contribution >= 4 is 67.9 Å². The van der Waals surface area contributed by atoms with E-state index in [0.29, 0.717) is 0 Å². The Hall–Kier alpha value is -3.33. The summed E-state index contributed by atoms with van der Waals surface area (Å²) in [4.78, 5) is 19.3. The highest BCUT2D eigenvalue weighted by atomic mass is 32.1. The molecule has 2 aromatic carbocycles. The minimum Gasteiger partial charge on any atom is -0.249 e. The molecule has 0 saturated heterocycles. The third-order valence-electron chi connectivity index (χ3n) is 11.9. The van der Waals surface area contributed by atoms with Crippen LogP contribution in [0.1, 0.15) is 176 Å². The van der Waals surface area contributed by atoms with E-state index in [1.165, 1.54) is 172 Å². The van der Waals surface area contributed by atoms with Crippen LogP contribution in [0.25, 0.3) is 42.3 Å². The maximum Gasteiger partial charge on any atom is 0.115 e. The van der Waals surface area contributed by atoms with Crippen LogP contribution >= 0.6 is 34.4 Å². The number of hydrogen-bond acceptors (Lipinski definition) is 8. The Labute approximate surface area is 354 Å². The SMILES string of the molecule is CCCCCCCCCCCCc1cc(CCCCCCCCCCCC)cc(N=C2c3ccsc3-c3sc(-c4c5nsnc5cc5nc(C)c(C)nc45)cc32)c1. The van der Waals surface area contributed by atoms with Gasteiger partial charge in [-0.2, -0.15) is 8.75 Å². The van der Waals surface area contributed by atoms with Crippen LogP contribution in [0, 0.1) is 13.8 Å². The molecule has 0 amide bonds. The highest BCUT2D eigenvalue weighted by Crippen LogP contribution is 2.50. The Morgan fingerprint density at radius 3 is 1.74 bits per heavy atom. The molecule has 0 N–H and O–H groups in total. The van der Waals surface area contributed by atoms with E-state index in [9.17, 15) is 0 Å². The van der Waals surface area contributed by atoms with E-state index in [0.717, 1.165) is 68.1 Å². The number of aromatic nitrogens is 4. The Bertz CT molecular complexity index is 2200. The van der Waals surface area contributed by atoms with Crippen LogP contribution in [0.5, 0.6) is 0 Å². The van der Waals surface area contributed by atoms with Gasteiger partial charge in [-0.25, -0.2) is 15.0 Å². The van der Waals surface area contributed by atoms with Crippen LogP contribution in [0.15, 0.2) is 46.8 Å². The summed E-state index contributed by atoms with van der Waals surface area (Å²) in [6, 6.07) is 13.9. The van der Waals surface area contributed by atoms with Crippen molar-refractivity contribution in [2.24, 2.45) is 4.99 Å². The molecular weight excluding hydrogens is 755 g/mol. The minimum absolute atomic E-state index is 0.877. The zero-order valence-corrected chi connectivity index (χ0v) is 37.5. The third-order valence-corrected chi connectivity index (χ3v) is 14.6. The van der Waals surface area contributed by atoms with E-state index >= 15 is 0 Å². The van der Waals surface area contributed by atoms with Crippen LogP contribution in [-0.4, -0.2) is 24.4 Å². The predicted octanol–water partition coefficient (Wildman–Crippen LogP) is 16.1. The standard InChI is InChI=1S/C49H63N5S3/c1-5-7-9-11-13-15-17-19-21-23-25-36-29-37(26-24-22-20-18-16-14-12-10-8-6-2)31-38(30-36)52-45-39-27-28-55-48(39)49-40(45)32-43(56-49)44-46-41(50-34(3)35(4)51-46)33-42-47(44)54-57-53-42/h27-33H,5-26H2,1-4H3. The van der Waals surface area contributed by atoms with Gasteiger partial charge in [0.1, 0.15) is 16.6 Å². The van der Waals surface area contributed by atoms with E-state index in [1.54, 1.807) is 0 Å². The van der Waals surface area contributed by atoms with E-state index in [2.05, 4.69) is 53.9 Å². The lowest BCUT2D eigenvalue weighted by Gasteiger charge is -2.10. The molecule has 302 valence electrons. The Morgan fingerprint density at radius 2 is 1.12 bits per heavy atom. The van der Waals surface area contributed by atoms with Gasteiger partial charge in [0.05, 0.1) is 49.8 Å². The number of aryl methyl sites for hydroxylation is 4. The Morgan fingerprint density at radius 1 is 0.544 bits per heavy atom. The van der Waals surface area contributed by atoms with Gasteiger partial charge in [0.2, 0.25) is 0 Å². The van der Waals surface area contributed by atoms with Crippen molar-refractivity contribution in [2.75, 3.05) is 0 Å². The summed E-state index contributed by atoms with van der Waals surface area (Å²) >= 11 is 4.91. The molecule has 0 aliphatic heterocycles. The number of nitrogens with zero attached hydrogens (tertiary/aromatic N) is 5. The molecule has 0 bridgehead atoms. The van der Waals surface area contributed by atoms with Crippen molar-refractivity contribution < 1.29 is 0 Å². The van der Waals surface area contributed by atoms with Gasteiger partial charge in [0.15, 0.2) is 0 Å². The Balaban J connectivity index is 1.11. The fraction of sp³-hybridized carbons (Fsp3) is 0.531. The first-order chi connectivity index (χ1) is 28.0. The average molecular weight is 818 g/mol. The lowest BCUT2D eigenvalue weighted by Crippen LogP contribution is -1.98. The molecule has 0 radical (unpaired) electrons. The molecular formula is C49H63N5S3. The quantitative estimate of drug-likeness (QED) is 0.0570. The zero-order valence-electron chi connectivity index (χ0n) is 35.1.